The van der Waals surface area contributed by atoms with Gasteiger partial charge in [0, 0.05) is 24.5 Å². The van der Waals surface area contributed by atoms with Crippen molar-refractivity contribution in [3.05, 3.63) is 95.6 Å². The number of anilines is 1. The number of benzene rings is 3. The zero-order valence-electron chi connectivity index (χ0n) is 17.5. The molecule has 1 aliphatic heterocycles. The number of fused-ring (bicyclic) bond motifs is 1. The van der Waals surface area contributed by atoms with E-state index in [0.717, 1.165) is 33.8 Å². The first kappa shape index (κ1) is 20.6. The first-order valence-electron chi connectivity index (χ1n) is 10.1. The average Bonchev–Trinajstić information content (AvgIpc) is 2.96. The average molecular weight is 415 g/mol. The van der Waals surface area contributed by atoms with E-state index in [4.69, 9.17) is 9.73 Å². The molecule has 7 nitrogen and oxygen atoms in total. The highest BCUT2D eigenvalue weighted by molar-refractivity contribution is 6.16. The van der Waals surface area contributed by atoms with E-state index < -0.39 is 0 Å². The van der Waals surface area contributed by atoms with E-state index in [-0.39, 0.29) is 12.1 Å². The quantitative estimate of drug-likeness (QED) is 0.539. The molecule has 0 radical (unpaired) electrons. The lowest BCUT2D eigenvalue weighted by molar-refractivity contribution is -0.121. The molecular formula is C24H25N5O2. The number of para-hydroxylation sites is 1. The molecule has 3 aromatic carbocycles. The summed E-state index contributed by atoms with van der Waals surface area (Å²) in [6.07, 6.45) is 0.260. The predicted molar refractivity (Wildman–Crippen MR) is 121 cm³/mol. The Morgan fingerprint density at radius 1 is 1.03 bits per heavy atom. The molecule has 158 valence electrons. The van der Waals surface area contributed by atoms with Crippen LogP contribution in [0.1, 0.15) is 23.6 Å². The molecule has 3 N–H and O–H groups in total. The second-order valence-electron chi connectivity index (χ2n) is 7.20. The van der Waals surface area contributed by atoms with Crippen LogP contribution in [0.5, 0.6) is 5.75 Å². The molecule has 0 bridgehead atoms. The number of methoxy groups -OCH3 is 1. The lowest BCUT2D eigenvalue weighted by Crippen LogP contribution is -2.56. The van der Waals surface area contributed by atoms with Gasteiger partial charge in [-0.1, -0.05) is 60.7 Å². The van der Waals surface area contributed by atoms with E-state index in [1.165, 1.54) is 6.92 Å². The molecule has 0 aromatic heterocycles. The fourth-order valence-electron chi connectivity index (χ4n) is 3.44. The van der Waals surface area contributed by atoms with Gasteiger partial charge in [-0.15, -0.1) is 10.7 Å². The molecule has 3 aromatic rings. The van der Waals surface area contributed by atoms with Crippen LogP contribution in [0.3, 0.4) is 0 Å². The molecule has 0 saturated carbocycles. The van der Waals surface area contributed by atoms with Gasteiger partial charge in [-0.2, -0.15) is 0 Å². The Hall–Kier alpha value is -3.68. The molecule has 31 heavy (non-hydrogen) atoms. The Morgan fingerprint density at radius 3 is 2.45 bits per heavy atom. The van der Waals surface area contributed by atoms with Crippen LogP contribution >= 0.6 is 0 Å². The van der Waals surface area contributed by atoms with Crippen LogP contribution in [0.15, 0.2) is 83.9 Å². The zero-order chi connectivity index (χ0) is 21.6. The van der Waals surface area contributed by atoms with Crippen LogP contribution in [-0.2, 0) is 11.2 Å². The maximum atomic E-state index is 11.6. The fraction of sp³-hybridized carbons (Fsp3) is 0.167. The monoisotopic (exact) mass is 415 g/mol. The van der Waals surface area contributed by atoms with E-state index in [1.54, 1.807) is 12.2 Å². The summed E-state index contributed by atoms with van der Waals surface area (Å²) in [5.41, 5.74) is 13.9. The number of carbonyl (C=O) groups is 1. The molecule has 1 atom stereocenters. The number of ether oxygens (including phenoxy) is 1. The predicted octanol–water partition coefficient (Wildman–Crippen LogP) is 3.30. The van der Waals surface area contributed by atoms with E-state index in [2.05, 4.69) is 28.5 Å². The van der Waals surface area contributed by atoms with Crippen molar-refractivity contribution in [2.75, 3.05) is 12.5 Å². The van der Waals surface area contributed by atoms with Crippen molar-refractivity contribution < 1.29 is 9.53 Å². The van der Waals surface area contributed by atoms with Gasteiger partial charge in [-0.25, -0.2) is 0 Å². The number of rotatable bonds is 6. The van der Waals surface area contributed by atoms with Crippen LogP contribution in [0.4, 0.5) is 5.69 Å². The highest BCUT2D eigenvalue weighted by Crippen LogP contribution is 2.26. The number of nitrogens with zero attached hydrogens (tertiary/aromatic N) is 2. The SMILES string of the molecule is COc1ccc(CC2N=C(c3ccccc3)c3ccccc3NN2NNC(C)=O)cc1. The summed E-state index contributed by atoms with van der Waals surface area (Å²) >= 11 is 0. The van der Waals surface area contributed by atoms with Gasteiger partial charge in [0.1, 0.15) is 11.9 Å². The Kier molecular flexibility index (Phi) is 6.26. The number of hydrogen-bond acceptors (Lipinski definition) is 6. The van der Waals surface area contributed by atoms with Crippen LogP contribution in [0.2, 0.25) is 0 Å². The van der Waals surface area contributed by atoms with Gasteiger partial charge >= 0.3 is 0 Å². The summed E-state index contributed by atoms with van der Waals surface area (Å²) in [6, 6.07) is 26.0. The number of hydrogen-bond donors (Lipinski definition) is 3. The van der Waals surface area contributed by atoms with E-state index in [0.29, 0.717) is 6.42 Å². The van der Waals surface area contributed by atoms with Gasteiger partial charge in [0.2, 0.25) is 5.91 Å². The third-order valence-corrected chi connectivity index (χ3v) is 4.98. The summed E-state index contributed by atoms with van der Waals surface area (Å²) < 4.78 is 5.27. The van der Waals surface area contributed by atoms with Crippen LogP contribution in [-0.4, -0.2) is 30.0 Å². The smallest absolute Gasteiger partial charge is 0.232 e. The standard InChI is InChI=1S/C24H25N5O2/c1-17(30)26-28-29-23(16-18-12-14-20(31-2)15-13-18)25-24(19-8-4-3-5-9-19)21-10-6-7-11-22(21)27-29/h3-15,23,27-28H,16H2,1-2H3,(H,26,30). The van der Waals surface area contributed by atoms with Crippen molar-refractivity contribution in [2.24, 2.45) is 4.99 Å². The van der Waals surface area contributed by atoms with E-state index in [1.807, 2.05) is 66.7 Å². The van der Waals surface area contributed by atoms with Gasteiger partial charge in [0.05, 0.1) is 18.5 Å². The molecule has 4 rings (SSSR count). The normalized spacial score (nSPS) is 15.8. The first-order valence-corrected chi connectivity index (χ1v) is 10.1. The molecule has 1 unspecified atom stereocenters. The second-order valence-corrected chi connectivity index (χ2v) is 7.20. The summed E-state index contributed by atoms with van der Waals surface area (Å²) in [5.74, 6) is 0.603. The van der Waals surface area contributed by atoms with Crippen LogP contribution in [0.25, 0.3) is 0 Å². The van der Waals surface area contributed by atoms with E-state index in [9.17, 15) is 4.79 Å². The van der Waals surface area contributed by atoms with Crippen molar-refractivity contribution in [3.8, 4) is 5.75 Å². The van der Waals surface area contributed by atoms with Gasteiger partial charge in [-0.3, -0.25) is 15.2 Å². The minimum absolute atomic E-state index is 0.199. The Labute approximate surface area is 181 Å². The Morgan fingerprint density at radius 2 is 1.74 bits per heavy atom. The fourth-order valence-corrected chi connectivity index (χ4v) is 3.44. The third-order valence-electron chi connectivity index (χ3n) is 4.98. The van der Waals surface area contributed by atoms with Crippen LogP contribution < -0.4 is 21.1 Å². The number of hydrazine groups is 3. The molecule has 7 heteroatoms. The summed E-state index contributed by atoms with van der Waals surface area (Å²) in [7, 11) is 1.65. The van der Waals surface area contributed by atoms with Crippen molar-refractivity contribution in [3.63, 3.8) is 0 Å². The first-order chi connectivity index (χ1) is 15.1. The molecule has 0 fully saturated rings. The third kappa shape index (κ3) is 4.91. The Bertz CT molecular complexity index is 1070. The van der Waals surface area contributed by atoms with Gasteiger partial charge < -0.3 is 10.2 Å². The van der Waals surface area contributed by atoms with Gasteiger partial charge in [0.25, 0.3) is 0 Å². The summed E-state index contributed by atoms with van der Waals surface area (Å²) in [6.45, 7) is 1.45. The molecule has 0 spiro atoms. The highest BCUT2D eigenvalue weighted by atomic mass is 16.5. The highest BCUT2D eigenvalue weighted by Gasteiger charge is 2.26. The molecule has 1 heterocycles. The Balaban J connectivity index is 1.76. The number of nitrogens with one attached hydrogen (secondary N) is 3. The molecular weight excluding hydrogens is 390 g/mol. The molecule has 1 aliphatic rings. The maximum absolute atomic E-state index is 11.6. The largest absolute Gasteiger partial charge is 0.497 e. The minimum Gasteiger partial charge on any atom is -0.497 e. The number of amides is 1. The van der Waals surface area contributed by atoms with Crippen molar-refractivity contribution in [2.45, 2.75) is 19.5 Å². The molecule has 0 saturated heterocycles. The van der Waals surface area contributed by atoms with Gasteiger partial charge in [-0.05, 0) is 23.8 Å². The lowest BCUT2D eigenvalue weighted by atomic mass is 10.0. The topological polar surface area (TPSA) is 78.0 Å². The summed E-state index contributed by atoms with van der Waals surface area (Å²) in [4.78, 5) is 16.7. The molecule has 0 aliphatic carbocycles. The molecule has 1 amide bonds. The second kappa shape index (κ2) is 9.42. The number of aliphatic imine (C=N–C) groups is 1. The van der Waals surface area contributed by atoms with Crippen molar-refractivity contribution in [1.29, 1.82) is 0 Å². The zero-order valence-corrected chi connectivity index (χ0v) is 17.5. The van der Waals surface area contributed by atoms with Gasteiger partial charge in [0.15, 0.2) is 0 Å². The number of carbonyl (C=O) groups excluding carboxylic acids is 1. The van der Waals surface area contributed by atoms with Crippen LogP contribution in [0, 0.1) is 0 Å². The van der Waals surface area contributed by atoms with E-state index >= 15 is 0 Å². The lowest BCUT2D eigenvalue weighted by Gasteiger charge is -2.29. The minimum atomic E-state index is -0.345. The maximum Gasteiger partial charge on any atom is 0.232 e. The van der Waals surface area contributed by atoms with Crippen molar-refractivity contribution >= 4 is 17.3 Å². The van der Waals surface area contributed by atoms with Crippen molar-refractivity contribution in [1.82, 2.24) is 16.1 Å². The summed E-state index contributed by atoms with van der Waals surface area (Å²) in [5, 5.41) is 1.72.